The van der Waals surface area contributed by atoms with E-state index < -0.39 is 5.54 Å². The standard InChI is InChI=1S/C17H21N3O/c1-14-4-3-5-16(10-14)17(13-19,11-15(2)12-18)20-6-8-21-9-7-20/h3-5,10,15H,6-9,11H2,1-2H3/t15-,17-/m1/s1. The molecule has 0 aromatic heterocycles. The van der Waals surface area contributed by atoms with Crippen molar-refractivity contribution in [2.75, 3.05) is 26.3 Å². The Balaban J connectivity index is 2.46. The van der Waals surface area contributed by atoms with Crippen molar-refractivity contribution in [3.63, 3.8) is 0 Å². The van der Waals surface area contributed by atoms with Crippen LogP contribution in [0.1, 0.15) is 24.5 Å². The van der Waals surface area contributed by atoms with Gasteiger partial charge in [0.15, 0.2) is 0 Å². The van der Waals surface area contributed by atoms with Crippen molar-refractivity contribution in [2.45, 2.75) is 25.8 Å². The largest absolute Gasteiger partial charge is 0.379 e. The predicted molar refractivity (Wildman–Crippen MR) is 80.3 cm³/mol. The minimum absolute atomic E-state index is 0.173. The molecule has 1 fully saturated rings. The van der Waals surface area contributed by atoms with Gasteiger partial charge in [-0.2, -0.15) is 10.5 Å². The summed E-state index contributed by atoms with van der Waals surface area (Å²) >= 11 is 0. The van der Waals surface area contributed by atoms with Gasteiger partial charge in [0, 0.05) is 19.0 Å². The van der Waals surface area contributed by atoms with Gasteiger partial charge in [0.25, 0.3) is 0 Å². The third-order valence-corrected chi connectivity index (χ3v) is 4.05. The predicted octanol–water partition coefficient (Wildman–Crippen LogP) is 2.60. The number of benzene rings is 1. The second-order valence-corrected chi connectivity index (χ2v) is 5.68. The van der Waals surface area contributed by atoms with Crippen molar-refractivity contribution in [3.8, 4) is 12.1 Å². The lowest BCUT2D eigenvalue weighted by Gasteiger charge is -2.42. The van der Waals surface area contributed by atoms with Crippen molar-refractivity contribution in [1.29, 1.82) is 10.5 Å². The van der Waals surface area contributed by atoms with Gasteiger partial charge in [0.1, 0.15) is 5.54 Å². The summed E-state index contributed by atoms with van der Waals surface area (Å²) in [7, 11) is 0. The van der Waals surface area contributed by atoms with E-state index in [0.717, 1.165) is 24.2 Å². The van der Waals surface area contributed by atoms with Crippen LogP contribution in [0.25, 0.3) is 0 Å². The molecule has 0 unspecified atom stereocenters. The molecule has 0 aliphatic carbocycles. The van der Waals surface area contributed by atoms with Crippen LogP contribution in [-0.2, 0) is 10.3 Å². The Kier molecular flexibility index (Phi) is 4.96. The molecule has 1 aliphatic heterocycles. The smallest absolute Gasteiger partial charge is 0.136 e. The first-order valence-corrected chi connectivity index (χ1v) is 7.33. The Hall–Kier alpha value is -1.88. The lowest BCUT2D eigenvalue weighted by Crippen LogP contribution is -2.51. The summed E-state index contributed by atoms with van der Waals surface area (Å²) in [6.45, 7) is 6.62. The van der Waals surface area contributed by atoms with Gasteiger partial charge in [-0.05, 0) is 25.8 Å². The number of ether oxygens (including phenoxy) is 1. The molecule has 0 spiro atoms. The lowest BCUT2D eigenvalue weighted by molar-refractivity contribution is -0.0104. The Labute approximate surface area is 126 Å². The van der Waals surface area contributed by atoms with Crippen molar-refractivity contribution in [2.24, 2.45) is 5.92 Å². The van der Waals surface area contributed by atoms with Crippen molar-refractivity contribution >= 4 is 0 Å². The average Bonchev–Trinajstić information content (AvgIpc) is 2.53. The molecule has 2 atom stereocenters. The Morgan fingerprint density at radius 2 is 2.05 bits per heavy atom. The van der Waals surface area contributed by atoms with Gasteiger partial charge < -0.3 is 4.74 Å². The first kappa shape index (κ1) is 15.5. The zero-order valence-corrected chi connectivity index (χ0v) is 12.7. The van der Waals surface area contributed by atoms with E-state index in [1.165, 1.54) is 0 Å². The molecule has 4 heteroatoms. The van der Waals surface area contributed by atoms with Gasteiger partial charge in [-0.1, -0.05) is 29.8 Å². The minimum Gasteiger partial charge on any atom is -0.379 e. The molecule has 0 amide bonds. The van der Waals surface area contributed by atoms with Gasteiger partial charge in [0.05, 0.1) is 25.4 Å². The number of nitriles is 2. The molecule has 21 heavy (non-hydrogen) atoms. The molecule has 1 aromatic carbocycles. The van der Waals surface area contributed by atoms with Crippen molar-refractivity contribution in [3.05, 3.63) is 35.4 Å². The molecule has 0 radical (unpaired) electrons. The average molecular weight is 283 g/mol. The van der Waals surface area contributed by atoms with E-state index in [1.54, 1.807) is 0 Å². The SMILES string of the molecule is Cc1cccc([C@](C#N)(C[C@@H](C)C#N)N2CCOCC2)c1. The van der Waals surface area contributed by atoms with E-state index >= 15 is 0 Å². The molecule has 0 bridgehead atoms. The number of hydrogen-bond donors (Lipinski definition) is 0. The molecule has 1 aromatic rings. The summed E-state index contributed by atoms with van der Waals surface area (Å²) in [5, 5.41) is 19.2. The Morgan fingerprint density at radius 3 is 2.62 bits per heavy atom. The van der Waals surface area contributed by atoms with Crippen LogP contribution in [0.15, 0.2) is 24.3 Å². The van der Waals surface area contributed by atoms with Gasteiger partial charge in [-0.25, -0.2) is 0 Å². The first-order chi connectivity index (χ1) is 10.1. The second-order valence-electron chi connectivity index (χ2n) is 5.68. The number of aryl methyl sites for hydroxylation is 1. The van der Waals surface area contributed by atoms with Gasteiger partial charge >= 0.3 is 0 Å². The molecule has 1 heterocycles. The first-order valence-electron chi connectivity index (χ1n) is 7.33. The van der Waals surface area contributed by atoms with E-state index in [0.29, 0.717) is 19.6 Å². The quantitative estimate of drug-likeness (QED) is 0.852. The summed E-state index contributed by atoms with van der Waals surface area (Å²) in [5.41, 5.74) is 1.37. The van der Waals surface area contributed by atoms with Crippen LogP contribution in [0.2, 0.25) is 0 Å². The number of morpholine rings is 1. The summed E-state index contributed by atoms with van der Waals surface area (Å²) in [6, 6.07) is 12.8. The maximum Gasteiger partial charge on any atom is 0.136 e. The fourth-order valence-corrected chi connectivity index (χ4v) is 2.95. The van der Waals surface area contributed by atoms with Gasteiger partial charge in [0.2, 0.25) is 0 Å². The van der Waals surface area contributed by atoms with Crippen LogP contribution in [0, 0.1) is 35.5 Å². The van der Waals surface area contributed by atoms with Crippen molar-refractivity contribution < 1.29 is 4.74 Å². The number of hydrogen-bond acceptors (Lipinski definition) is 4. The summed E-state index contributed by atoms with van der Waals surface area (Å²) in [6.07, 6.45) is 0.517. The summed E-state index contributed by atoms with van der Waals surface area (Å²) < 4.78 is 5.41. The normalized spacial score (nSPS) is 20.0. The molecule has 0 N–H and O–H groups in total. The Bertz CT molecular complexity index is 566. The monoisotopic (exact) mass is 283 g/mol. The maximum atomic E-state index is 9.98. The molecule has 110 valence electrons. The highest BCUT2D eigenvalue weighted by molar-refractivity contribution is 5.35. The molecule has 4 nitrogen and oxygen atoms in total. The third-order valence-electron chi connectivity index (χ3n) is 4.05. The third kappa shape index (κ3) is 3.24. The van der Waals surface area contributed by atoms with Gasteiger partial charge in [-0.15, -0.1) is 0 Å². The molecular weight excluding hydrogens is 262 g/mol. The molecule has 0 saturated carbocycles. The molecule has 2 rings (SSSR count). The summed E-state index contributed by atoms with van der Waals surface area (Å²) in [4.78, 5) is 2.17. The zero-order chi connectivity index (χ0) is 15.3. The molecular formula is C17H21N3O. The van der Waals surface area contributed by atoms with Crippen LogP contribution in [0.4, 0.5) is 0 Å². The van der Waals surface area contributed by atoms with Crippen LogP contribution in [-0.4, -0.2) is 31.2 Å². The molecule has 1 aliphatic rings. The van der Waals surface area contributed by atoms with E-state index in [1.807, 2.05) is 32.0 Å². The maximum absolute atomic E-state index is 9.98. The fraction of sp³-hybridized carbons (Fsp3) is 0.529. The van der Waals surface area contributed by atoms with Crippen LogP contribution in [0.5, 0.6) is 0 Å². The minimum atomic E-state index is -0.745. The second kappa shape index (κ2) is 6.72. The highest BCUT2D eigenvalue weighted by Gasteiger charge is 2.41. The fourth-order valence-electron chi connectivity index (χ4n) is 2.95. The highest BCUT2D eigenvalue weighted by atomic mass is 16.5. The van der Waals surface area contributed by atoms with E-state index in [-0.39, 0.29) is 5.92 Å². The molecule has 1 saturated heterocycles. The van der Waals surface area contributed by atoms with Crippen LogP contribution in [0.3, 0.4) is 0 Å². The number of rotatable bonds is 4. The van der Waals surface area contributed by atoms with E-state index in [9.17, 15) is 10.5 Å². The zero-order valence-electron chi connectivity index (χ0n) is 12.7. The lowest BCUT2D eigenvalue weighted by atomic mass is 9.81. The van der Waals surface area contributed by atoms with Crippen molar-refractivity contribution in [1.82, 2.24) is 4.90 Å². The van der Waals surface area contributed by atoms with E-state index in [2.05, 4.69) is 23.1 Å². The summed E-state index contributed by atoms with van der Waals surface area (Å²) in [5.74, 6) is -0.173. The highest BCUT2D eigenvalue weighted by Crippen LogP contribution is 2.35. The van der Waals surface area contributed by atoms with Crippen LogP contribution >= 0.6 is 0 Å². The number of nitrogens with zero attached hydrogens (tertiary/aromatic N) is 3. The topological polar surface area (TPSA) is 60.0 Å². The van der Waals surface area contributed by atoms with E-state index in [4.69, 9.17) is 4.74 Å². The van der Waals surface area contributed by atoms with Gasteiger partial charge in [-0.3, -0.25) is 4.90 Å². The van der Waals surface area contributed by atoms with Crippen LogP contribution < -0.4 is 0 Å². The Morgan fingerprint density at radius 1 is 1.33 bits per heavy atom.